The van der Waals surface area contributed by atoms with E-state index in [1.165, 1.54) is 5.56 Å². The maximum Gasteiger partial charge on any atom is 0.330 e. The van der Waals surface area contributed by atoms with E-state index < -0.39 is 5.97 Å². The number of thiophene rings is 1. The van der Waals surface area contributed by atoms with Gasteiger partial charge in [0, 0.05) is 18.7 Å². The molecule has 1 N–H and O–H groups in total. The molecule has 0 radical (unpaired) electrons. The topological polar surface area (TPSA) is 40.5 Å². The third kappa shape index (κ3) is 4.47. The maximum absolute atomic E-state index is 10.6. The second-order valence-corrected chi connectivity index (χ2v) is 5.94. The molecule has 0 aliphatic carbocycles. The molecule has 1 aromatic heterocycles. The third-order valence-electron chi connectivity index (χ3n) is 2.12. The molecule has 0 atom stereocenters. The molecule has 0 aromatic carbocycles. The molecule has 0 bridgehead atoms. The maximum atomic E-state index is 10.6. The zero-order valence-electron chi connectivity index (χ0n) is 9.24. The minimum absolute atomic E-state index is 0.387. The Hall–Kier alpha value is -0.650. The molecule has 0 spiro atoms. The van der Waals surface area contributed by atoms with Crippen LogP contribution in [0, 0.1) is 0 Å². The summed E-state index contributed by atoms with van der Waals surface area (Å²) in [7, 11) is 1.97. The van der Waals surface area contributed by atoms with Crippen molar-refractivity contribution in [3.8, 4) is 0 Å². The fourth-order valence-electron chi connectivity index (χ4n) is 1.18. The van der Waals surface area contributed by atoms with Crippen molar-refractivity contribution >= 4 is 33.2 Å². The first-order valence-corrected chi connectivity index (χ1v) is 6.48. The van der Waals surface area contributed by atoms with Gasteiger partial charge >= 0.3 is 5.97 Å². The molecule has 0 saturated heterocycles. The van der Waals surface area contributed by atoms with Gasteiger partial charge in [-0.1, -0.05) is 6.08 Å². The summed E-state index contributed by atoms with van der Waals surface area (Å²) in [6.45, 7) is 3.08. The number of likely N-dealkylation sites (N-methyl/N-ethyl adjacent to an activating group) is 1. The summed E-state index contributed by atoms with van der Waals surface area (Å²) in [4.78, 5) is 12.7. The summed E-state index contributed by atoms with van der Waals surface area (Å²) in [6.07, 6.45) is 1.73. The van der Waals surface area contributed by atoms with Crippen molar-refractivity contribution in [2.75, 3.05) is 13.6 Å². The summed E-state index contributed by atoms with van der Waals surface area (Å²) < 4.78 is 1.12. The monoisotopic (exact) mass is 303 g/mol. The highest BCUT2D eigenvalue weighted by Gasteiger charge is 2.03. The number of carboxylic acids is 1. The van der Waals surface area contributed by atoms with Crippen LogP contribution in [0.15, 0.2) is 26.9 Å². The van der Waals surface area contributed by atoms with E-state index in [4.69, 9.17) is 5.11 Å². The lowest BCUT2D eigenvalue weighted by atomic mass is 10.2. The Morgan fingerprint density at radius 2 is 2.38 bits per heavy atom. The average Bonchev–Trinajstić information content (AvgIpc) is 2.60. The Balaban J connectivity index is 2.45. The summed E-state index contributed by atoms with van der Waals surface area (Å²) in [5, 5.41) is 10.8. The molecule has 1 rings (SSSR count). The number of carbonyl (C=O) groups is 1. The lowest BCUT2D eigenvalue weighted by Gasteiger charge is -2.13. The first-order chi connectivity index (χ1) is 7.49. The van der Waals surface area contributed by atoms with E-state index in [1.54, 1.807) is 24.3 Å². The Morgan fingerprint density at radius 3 is 2.88 bits per heavy atom. The number of nitrogens with zero attached hydrogens (tertiary/aromatic N) is 1. The second kappa shape index (κ2) is 6.18. The molecule has 88 valence electrons. The standard InChI is InChI=1S/C11H14BrNO2S/c1-8(11(14)15)3-4-13(2)6-9-5-10(12)16-7-9/h3,5,7H,4,6H2,1-2H3,(H,14,15). The van der Waals surface area contributed by atoms with Gasteiger partial charge in [0.2, 0.25) is 0 Å². The number of carboxylic acid groups (broad SMARTS) is 1. The van der Waals surface area contributed by atoms with Gasteiger partial charge in [0.15, 0.2) is 0 Å². The Labute approximate surface area is 108 Å². The van der Waals surface area contributed by atoms with E-state index in [0.29, 0.717) is 12.1 Å². The zero-order chi connectivity index (χ0) is 12.1. The van der Waals surface area contributed by atoms with E-state index in [2.05, 4.69) is 32.3 Å². The van der Waals surface area contributed by atoms with Crippen molar-refractivity contribution in [3.05, 3.63) is 32.4 Å². The molecule has 0 amide bonds. The number of halogens is 1. The second-order valence-electron chi connectivity index (χ2n) is 3.65. The van der Waals surface area contributed by atoms with Gasteiger partial charge in [0.05, 0.1) is 3.79 Å². The van der Waals surface area contributed by atoms with Gasteiger partial charge in [-0.05, 0) is 46.9 Å². The van der Waals surface area contributed by atoms with Crippen LogP contribution in [-0.2, 0) is 11.3 Å². The summed E-state index contributed by atoms with van der Waals surface area (Å²) in [5.74, 6) is -0.855. The van der Waals surface area contributed by atoms with E-state index in [0.717, 1.165) is 10.3 Å². The van der Waals surface area contributed by atoms with Crippen LogP contribution < -0.4 is 0 Å². The van der Waals surface area contributed by atoms with Crippen LogP contribution in [0.3, 0.4) is 0 Å². The summed E-state index contributed by atoms with van der Waals surface area (Å²) >= 11 is 5.07. The van der Waals surface area contributed by atoms with E-state index >= 15 is 0 Å². The van der Waals surface area contributed by atoms with Crippen LogP contribution in [0.4, 0.5) is 0 Å². The van der Waals surface area contributed by atoms with Gasteiger partial charge in [-0.3, -0.25) is 4.90 Å². The number of rotatable bonds is 5. The van der Waals surface area contributed by atoms with Gasteiger partial charge in [-0.25, -0.2) is 4.79 Å². The predicted octanol–water partition coefficient (Wildman–Crippen LogP) is 2.97. The lowest BCUT2D eigenvalue weighted by molar-refractivity contribution is -0.132. The van der Waals surface area contributed by atoms with Crippen molar-refractivity contribution in [1.29, 1.82) is 0 Å². The Morgan fingerprint density at radius 1 is 1.69 bits per heavy atom. The molecular formula is C11H14BrNO2S. The van der Waals surface area contributed by atoms with Crippen LogP contribution in [0.25, 0.3) is 0 Å². The Bertz CT molecular complexity index is 400. The molecule has 0 saturated carbocycles. The molecule has 1 aromatic rings. The molecule has 3 nitrogen and oxygen atoms in total. The number of hydrogen-bond acceptors (Lipinski definition) is 3. The first-order valence-electron chi connectivity index (χ1n) is 4.80. The average molecular weight is 304 g/mol. The van der Waals surface area contributed by atoms with Crippen LogP contribution in [-0.4, -0.2) is 29.6 Å². The Kier molecular flexibility index (Phi) is 5.18. The van der Waals surface area contributed by atoms with E-state index in [-0.39, 0.29) is 0 Å². The van der Waals surface area contributed by atoms with Gasteiger partial charge in [0.1, 0.15) is 0 Å². The highest BCUT2D eigenvalue weighted by atomic mass is 79.9. The molecule has 0 fully saturated rings. The summed E-state index contributed by atoms with van der Waals surface area (Å²) in [5.41, 5.74) is 1.62. The minimum Gasteiger partial charge on any atom is -0.478 e. The van der Waals surface area contributed by atoms with Crippen molar-refractivity contribution < 1.29 is 9.90 Å². The van der Waals surface area contributed by atoms with Crippen molar-refractivity contribution in [1.82, 2.24) is 4.90 Å². The fourth-order valence-corrected chi connectivity index (χ4v) is 2.39. The van der Waals surface area contributed by atoms with Crippen LogP contribution in [0.5, 0.6) is 0 Å². The SMILES string of the molecule is CC(=CCN(C)Cc1csc(Br)c1)C(=O)O. The highest BCUT2D eigenvalue weighted by Crippen LogP contribution is 2.21. The minimum atomic E-state index is -0.855. The largest absolute Gasteiger partial charge is 0.478 e. The van der Waals surface area contributed by atoms with Gasteiger partial charge in [-0.2, -0.15) is 0 Å². The fraction of sp³-hybridized carbons (Fsp3) is 0.364. The number of aliphatic carboxylic acids is 1. The van der Waals surface area contributed by atoms with Crippen LogP contribution in [0.1, 0.15) is 12.5 Å². The van der Waals surface area contributed by atoms with Crippen molar-refractivity contribution in [2.24, 2.45) is 0 Å². The highest BCUT2D eigenvalue weighted by molar-refractivity contribution is 9.11. The third-order valence-corrected chi connectivity index (χ3v) is 3.67. The van der Waals surface area contributed by atoms with Crippen LogP contribution >= 0.6 is 27.3 Å². The lowest BCUT2D eigenvalue weighted by Crippen LogP contribution is -2.18. The normalized spacial score (nSPS) is 12.1. The quantitative estimate of drug-likeness (QED) is 0.850. The van der Waals surface area contributed by atoms with Crippen LogP contribution in [0.2, 0.25) is 0 Å². The molecule has 0 unspecified atom stereocenters. The van der Waals surface area contributed by atoms with Gasteiger partial charge in [0.25, 0.3) is 0 Å². The zero-order valence-corrected chi connectivity index (χ0v) is 11.6. The summed E-state index contributed by atoms with van der Waals surface area (Å²) in [6, 6.07) is 2.08. The van der Waals surface area contributed by atoms with E-state index in [9.17, 15) is 4.79 Å². The smallest absolute Gasteiger partial charge is 0.330 e. The van der Waals surface area contributed by atoms with Crippen molar-refractivity contribution in [2.45, 2.75) is 13.5 Å². The van der Waals surface area contributed by atoms with E-state index in [1.807, 2.05) is 7.05 Å². The number of hydrogen-bond donors (Lipinski definition) is 1. The first kappa shape index (κ1) is 13.4. The molecule has 0 aliphatic rings. The molecule has 1 heterocycles. The predicted molar refractivity (Wildman–Crippen MR) is 69.7 cm³/mol. The van der Waals surface area contributed by atoms with Crippen molar-refractivity contribution in [3.63, 3.8) is 0 Å². The molecule has 16 heavy (non-hydrogen) atoms. The molecular weight excluding hydrogens is 290 g/mol. The van der Waals surface area contributed by atoms with Gasteiger partial charge in [-0.15, -0.1) is 11.3 Å². The van der Waals surface area contributed by atoms with Gasteiger partial charge < -0.3 is 5.11 Å². The molecule has 5 heteroatoms. The molecule has 0 aliphatic heterocycles.